The van der Waals surface area contributed by atoms with Crippen LogP contribution in [0.5, 0.6) is 0 Å². The second-order valence-corrected chi connectivity index (χ2v) is 2.81. The largest absolute Gasteiger partial charge is 0.478 e. The van der Waals surface area contributed by atoms with E-state index in [-0.39, 0.29) is 0 Å². The molecule has 1 aromatic heterocycles. The number of carbonyl (C=O) groups is 1. The van der Waals surface area contributed by atoms with Crippen molar-refractivity contribution in [2.45, 2.75) is 6.54 Å². The Kier molecular flexibility index (Phi) is 2.03. The van der Waals surface area contributed by atoms with Crippen LogP contribution in [0.25, 0.3) is 0 Å². The van der Waals surface area contributed by atoms with Crippen LogP contribution >= 0.6 is 11.3 Å². The van der Waals surface area contributed by atoms with Crippen molar-refractivity contribution in [3.63, 3.8) is 0 Å². The first-order chi connectivity index (χ1) is 4.74. The summed E-state index contributed by atoms with van der Waals surface area (Å²) < 4.78 is 0. The number of nitrogens with two attached hydrogens (primary N) is 1. The normalized spacial score (nSPS) is 9.70. The molecule has 0 amide bonds. The van der Waals surface area contributed by atoms with E-state index in [9.17, 15) is 4.79 Å². The smallest absolute Gasteiger partial charge is 0.336 e. The highest BCUT2D eigenvalue weighted by Crippen LogP contribution is 2.13. The first-order valence-electron chi connectivity index (χ1n) is 2.75. The Balaban J connectivity index is 2.88. The fourth-order valence-electron chi connectivity index (χ4n) is 0.600. The molecule has 0 atom stereocenters. The Hall–Kier alpha value is -0.870. The van der Waals surface area contributed by atoms with E-state index in [0.717, 1.165) is 4.88 Å². The van der Waals surface area contributed by atoms with Gasteiger partial charge in [-0.3, -0.25) is 0 Å². The Morgan fingerprint density at radius 2 is 2.50 bits per heavy atom. The minimum Gasteiger partial charge on any atom is -0.478 e. The number of carboxylic acid groups (broad SMARTS) is 1. The molecular weight excluding hydrogens is 150 g/mol. The summed E-state index contributed by atoms with van der Waals surface area (Å²) in [6, 6.07) is 1.59. The molecule has 0 aliphatic rings. The van der Waals surface area contributed by atoms with E-state index in [2.05, 4.69) is 0 Å². The van der Waals surface area contributed by atoms with Gasteiger partial charge < -0.3 is 10.8 Å². The Morgan fingerprint density at radius 3 is 2.80 bits per heavy atom. The fourth-order valence-corrected chi connectivity index (χ4v) is 1.34. The topological polar surface area (TPSA) is 63.3 Å². The molecule has 0 saturated heterocycles. The van der Waals surface area contributed by atoms with E-state index in [0.29, 0.717) is 12.1 Å². The second kappa shape index (κ2) is 2.81. The Bertz CT molecular complexity index is 244. The lowest BCUT2D eigenvalue weighted by Gasteiger charge is -1.83. The van der Waals surface area contributed by atoms with Gasteiger partial charge in [-0.2, -0.15) is 0 Å². The molecule has 3 N–H and O–H groups in total. The van der Waals surface area contributed by atoms with Crippen molar-refractivity contribution in [1.29, 1.82) is 0 Å². The SMILES string of the molecule is NCc1cc(C(=O)O)cs1. The quantitative estimate of drug-likeness (QED) is 0.670. The van der Waals surface area contributed by atoms with E-state index >= 15 is 0 Å². The number of aromatic carboxylic acids is 1. The average Bonchev–Trinajstić information content (AvgIpc) is 2.34. The van der Waals surface area contributed by atoms with Crippen LogP contribution in [0, 0.1) is 0 Å². The first-order valence-corrected chi connectivity index (χ1v) is 3.63. The van der Waals surface area contributed by atoms with Crippen LogP contribution in [0.2, 0.25) is 0 Å². The van der Waals surface area contributed by atoms with Crippen LogP contribution in [0.1, 0.15) is 15.2 Å². The van der Waals surface area contributed by atoms with Crippen molar-refractivity contribution in [2.24, 2.45) is 5.73 Å². The molecule has 0 aliphatic heterocycles. The van der Waals surface area contributed by atoms with E-state index < -0.39 is 5.97 Å². The van der Waals surface area contributed by atoms with E-state index in [1.165, 1.54) is 11.3 Å². The van der Waals surface area contributed by atoms with E-state index in [1.54, 1.807) is 11.4 Å². The van der Waals surface area contributed by atoms with Crippen molar-refractivity contribution in [2.75, 3.05) is 0 Å². The third-order valence-corrected chi connectivity index (χ3v) is 2.06. The van der Waals surface area contributed by atoms with E-state index in [1.807, 2.05) is 0 Å². The highest BCUT2D eigenvalue weighted by Gasteiger charge is 2.03. The molecule has 3 nitrogen and oxygen atoms in total. The van der Waals surface area contributed by atoms with Gasteiger partial charge in [0.25, 0.3) is 0 Å². The zero-order valence-electron chi connectivity index (χ0n) is 5.20. The van der Waals surface area contributed by atoms with Crippen LogP contribution in [0.3, 0.4) is 0 Å². The summed E-state index contributed by atoms with van der Waals surface area (Å²) in [6.45, 7) is 0.415. The molecule has 0 aliphatic carbocycles. The summed E-state index contributed by atoms with van der Waals surface area (Å²) in [5.41, 5.74) is 5.61. The van der Waals surface area contributed by atoms with Crippen molar-refractivity contribution >= 4 is 17.3 Å². The highest BCUT2D eigenvalue weighted by atomic mass is 32.1. The summed E-state index contributed by atoms with van der Waals surface area (Å²) >= 11 is 1.37. The summed E-state index contributed by atoms with van der Waals surface area (Å²) in [5.74, 6) is -0.893. The number of hydrogen-bond donors (Lipinski definition) is 2. The lowest BCUT2D eigenvalue weighted by Crippen LogP contribution is -1.94. The van der Waals surface area contributed by atoms with Crippen LogP contribution in [-0.4, -0.2) is 11.1 Å². The Morgan fingerprint density at radius 1 is 1.80 bits per heavy atom. The van der Waals surface area contributed by atoms with Gasteiger partial charge in [0.1, 0.15) is 0 Å². The summed E-state index contributed by atoms with van der Waals surface area (Å²) in [4.78, 5) is 11.2. The lowest BCUT2D eigenvalue weighted by molar-refractivity contribution is 0.0697. The van der Waals surface area contributed by atoms with Gasteiger partial charge in [0.05, 0.1) is 5.56 Å². The third kappa shape index (κ3) is 1.34. The minimum atomic E-state index is -0.893. The molecule has 1 rings (SSSR count). The fraction of sp³-hybridized carbons (Fsp3) is 0.167. The monoisotopic (exact) mass is 157 g/mol. The first kappa shape index (κ1) is 7.24. The molecule has 0 radical (unpaired) electrons. The standard InChI is InChI=1S/C6H7NO2S/c7-2-5-1-4(3-10-5)6(8)9/h1,3H,2,7H2,(H,8,9). The molecule has 0 aromatic carbocycles. The van der Waals surface area contributed by atoms with Gasteiger partial charge in [-0.1, -0.05) is 0 Å². The van der Waals surface area contributed by atoms with Gasteiger partial charge in [-0.15, -0.1) is 11.3 Å². The number of carboxylic acids is 1. The molecule has 0 saturated carbocycles. The van der Waals surface area contributed by atoms with Gasteiger partial charge in [0.15, 0.2) is 0 Å². The number of rotatable bonds is 2. The molecule has 54 valence electrons. The van der Waals surface area contributed by atoms with Gasteiger partial charge in [-0.05, 0) is 6.07 Å². The van der Waals surface area contributed by atoms with Crippen molar-refractivity contribution in [3.05, 3.63) is 21.9 Å². The molecule has 0 fully saturated rings. The summed E-state index contributed by atoms with van der Waals surface area (Å²) in [7, 11) is 0. The predicted molar refractivity (Wildman–Crippen MR) is 39.2 cm³/mol. The number of thiophene rings is 1. The maximum absolute atomic E-state index is 10.3. The maximum Gasteiger partial charge on any atom is 0.336 e. The molecule has 0 bridgehead atoms. The molecule has 0 spiro atoms. The molecular formula is C6H7NO2S. The highest BCUT2D eigenvalue weighted by molar-refractivity contribution is 7.10. The maximum atomic E-state index is 10.3. The minimum absolute atomic E-state index is 0.324. The molecule has 0 unspecified atom stereocenters. The van der Waals surface area contributed by atoms with E-state index in [4.69, 9.17) is 10.8 Å². The van der Waals surface area contributed by atoms with Crippen LogP contribution < -0.4 is 5.73 Å². The zero-order valence-corrected chi connectivity index (χ0v) is 6.02. The number of hydrogen-bond acceptors (Lipinski definition) is 3. The van der Waals surface area contributed by atoms with Crippen LogP contribution in [0.4, 0.5) is 0 Å². The van der Waals surface area contributed by atoms with Crippen molar-refractivity contribution in [1.82, 2.24) is 0 Å². The summed E-state index contributed by atoms with van der Waals surface area (Å²) in [6.07, 6.45) is 0. The van der Waals surface area contributed by atoms with Gasteiger partial charge in [-0.25, -0.2) is 4.79 Å². The van der Waals surface area contributed by atoms with Crippen molar-refractivity contribution in [3.8, 4) is 0 Å². The second-order valence-electron chi connectivity index (χ2n) is 1.81. The van der Waals surface area contributed by atoms with Crippen LogP contribution in [-0.2, 0) is 6.54 Å². The van der Waals surface area contributed by atoms with Gasteiger partial charge in [0, 0.05) is 16.8 Å². The molecule has 10 heavy (non-hydrogen) atoms. The third-order valence-electron chi connectivity index (χ3n) is 1.10. The molecule has 1 heterocycles. The lowest BCUT2D eigenvalue weighted by atomic mass is 10.3. The van der Waals surface area contributed by atoms with Crippen LogP contribution in [0.15, 0.2) is 11.4 Å². The molecule has 4 heteroatoms. The summed E-state index contributed by atoms with van der Waals surface area (Å²) in [5, 5.41) is 10.0. The van der Waals surface area contributed by atoms with Gasteiger partial charge >= 0.3 is 5.97 Å². The van der Waals surface area contributed by atoms with Gasteiger partial charge in [0.2, 0.25) is 0 Å². The Labute approximate surface area is 62.1 Å². The predicted octanol–water partition coefficient (Wildman–Crippen LogP) is 0.905. The average molecular weight is 157 g/mol. The zero-order chi connectivity index (χ0) is 7.56. The molecule has 1 aromatic rings. The van der Waals surface area contributed by atoms with Crippen molar-refractivity contribution < 1.29 is 9.90 Å².